The first-order valence-corrected chi connectivity index (χ1v) is 7.87. The van der Waals surface area contributed by atoms with Crippen LogP contribution in [0.4, 0.5) is 5.69 Å². The molecule has 24 heavy (non-hydrogen) atoms. The molecule has 0 saturated heterocycles. The molecule has 5 nitrogen and oxygen atoms in total. The van der Waals surface area contributed by atoms with Gasteiger partial charge in [0.15, 0.2) is 0 Å². The van der Waals surface area contributed by atoms with Crippen molar-refractivity contribution in [3.05, 3.63) is 65.3 Å². The number of para-hydroxylation sites is 1. The number of hydrogen-bond donors (Lipinski definition) is 2. The molecule has 0 aliphatic carbocycles. The molecule has 1 amide bonds. The molecule has 122 valence electrons. The van der Waals surface area contributed by atoms with E-state index in [0.29, 0.717) is 5.02 Å². The summed E-state index contributed by atoms with van der Waals surface area (Å²) in [6.45, 7) is 0.133. The van der Waals surface area contributed by atoms with E-state index in [0.717, 1.165) is 22.2 Å². The van der Waals surface area contributed by atoms with Crippen molar-refractivity contribution in [2.45, 2.75) is 0 Å². The largest absolute Gasteiger partial charge is 0.376 e. The molecule has 0 spiro atoms. The van der Waals surface area contributed by atoms with Crippen LogP contribution in [0, 0.1) is 0 Å². The number of halogens is 1. The highest BCUT2D eigenvalue weighted by Crippen LogP contribution is 2.18. The van der Waals surface area contributed by atoms with Crippen molar-refractivity contribution in [2.75, 3.05) is 11.9 Å². The summed E-state index contributed by atoms with van der Waals surface area (Å²) in [5.74, 6) is -0.221. The highest BCUT2D eigenvalue weighted by atomic mass is 35.5. The third kappa shape index (κ3) is 3.75. The predicted molar refractivity (Wildman–Crippen MR) is 98.6 cm³/mol. The molecule has 3 aromatic rings. The summed E-state index contributed by atoms with van der Waals surface area (Å²) in [6, 6.07) is 15.2. The van der Waals surface area contributed by atoms with Crippen LogP contribution in [0.3, 0.4) is 0 Å². The maximum absolute atomic E-state index is 11.8. The van der Waals surface area contributed by atoms with Crippen molar-refractivity contribution < 1.29 is 4.79 Å². The quantitative estimate of drug-likeness (QED) is 0.552. The van der Waals surface area contributed by atoms with E-state index < -0.39 is 0 Å². The van der Waals surface area contributed by atoms with Crippen molar-refractivity contribution >= 4 is 40.3 Å². The molecular formula is C18H17ClN4O. The summed E-state index contributed by atoms with van der Waals surface area (Å²) in [6.07, 6.45) is 3.63. The van der Waals surface area contributed by atoms with Gasteiger partial charge in [-0.2, -0.15) is 5.10 Å². The minimum Gasteiger partial charge on any atom is -0.376 e. The van der Waals surface area contributed by atoms with E-state index in [4.69, 9.17) is 11.6 Å². The molecule has 0 bridgehead atoms. The average Bonchev–Trinajstić information content (AvgIpc) is 2.91. The summed E-state index contributed by atoms with van der Waals surface area (Å²) >= 11 is 5.82. The molecule has 0 radical (unpaired) electrons. The van der Waals surface area contributed by atoms with Crippen LogP contribution in [-0.2, 0) is 11.8 Å². The van der Waals surface area contributed by atoms with E-state index in [1.165, 1.54) is 0 Å². The number of nitrogens with one attached hydrogen (secondary N) is 2. The van der Waals surface area contributed by atoms with Crippen LogP contribution in [0.15, 0.2) is 59.8 Å². The van der Waals surface area contributed by atoms with Crippen LogP contribution < -0.4 is 10.7 Å². The van der Waals surface area contributed by atoms with E-state index in [9.17, 15) is 4.79 Å². The zero-order valence-electron chi connectivity index (χ0n) is 13.2. The van der Waals surface area contributed by atoms with E-state index in [1.54, 1.807) is 18.3 Å². The number of amides is 1. The molecule has 1 heterocycles. The number of carbonyl (C=O) groups is 1. The molecule has 2 N–H and O–H groups in total. The first-order chi connectivity index (χ1) is 11.6. The third-order valence-electron chi connectivity index (χ3n) is 3.62. The number of aryl methyl sites for hydroxylation is 1. The minimum absolute atomic E-state index is 0.133. The Morgan fingerprint density at radius 1 is 1.21 bits per heavy atom. The number of hydrogen-bond acceptors (Lipinski definition) is 3. The third-order valence-corrected chi connectivity index (χ3v) is 3.87. The van der Waals surface area contributed by atoms with Gasteiger partial charge in [0.25, 0.3) is 5.91 Å². The molecule has 0 atom stereocenters. The second-order valence-electron chi connectivity index (χ2n) is 5.37. The monoisotopic (exact) mass is 340 g/mol. The van der Waals surface area contributed by atoms with Gasteiger partial charge in [-0.1, -0.05) is 29.8 Å². The number of fused-ring (bicyclic) bond motifs is 1. The number of hydrazone groups is 1. The Bertz CT molecular complexity index is 884. The van der Waals surface area contributed by atoms with E-state index in [1.807, 2.05) is 54.2 Å². The molecule has 0 saturated carbocycles. The van der Waals surface area contributed by atoms with Gasteiger partial charge in [-0.15, -0.1) is 0 Å². The van der Waals surface area contributed by atoms with Crippen LogP contribution in [0.2, 0.25) is 5.02 Å². The summed E-state index contributed by atoms with van der Waals surface area (Å²) < 4.78 is 2.03. The second kappa shape index (κ2) is 7.19. The lowest BCUT2D eigenvalue weighted by molar-refractivity contribution is -0.119. The Hall–Kier alpha value is -2.79. The van der Waals surface area contributed by atoms with E-state index in [2.05, 4.69) is 15.8 Å². The second-order valence-corrected chi connectivity index (χ2v) is 5.80. The molecule has 0 aliphatic rings. The highest BCUT2D eigenvalue weighted by molar-refractivity contribution is 6.30. The number of aromatic nitrogens is 1. The predicted octanol–water partition coefficient (Wildman–Crippen LogP) is 3.39. The van der Waals surface area contributed by atoms with E-state index >= 15 is 0 Å². The van der Waals surface area contributed by atoms with Gasteiger partial charge in [-0.25, -0.2) is 5.43 Å². The summed E-state index contributed by atoms with van der Waals surface area (Å²) in [5, 5.41) is 8.79. The lowest BCUT2D eigenvalue weighted by Gasteiger charge is -2.04. The molecule has 2 aromatic carbocycles. The summed E-state index contributed by atoms with van der Waals surface area (Å²) in [7, 11) is 1.98. The fourth-order valence-electron chi connectivity index (χ4n) is 2.44. The number of carbonyl (C=O) groups excluding carboxylic acids is 1. The average molecular weight is 341 g/mol. The van der Waals surface area contributed by atoms with Gasteiger partial charge in [-0.05, 0) is 30.3 Å². The fourth-order valence-corrected chi connectivity index (χ4v) is 2.57. The zero-order valence-corrected chi connectivity index (χ0v) is 13.9. The molecule has 0 aliphatic heterocycles. The standard InChI is InChI=1S/C18H17ClN4O/c1-23-12-13(16-4-2-3-5-17(16)23)10-21-22-18(24)11-20-15-8-6-14(19)7-9-15/h2-10,12,20H,11H2,1H3,(H,22,24)/b21-10-. The van der Waals surface area contributed by atoms with Crippen LogP contribution in [0.1, 0.15) is 5.56 Å². The van der Waals surface area contributed by atoms with Gasteiger partial charge >= 0.3 is 0 Å². The van der Waals surface area contributed by atoms with Gasteiger partial charge in [0.05, 0.1) is 12.8 Å². The Labute approximate surface area is 144 Å². The maximum Gasteiger partial charge on any atom is 0.259 e. The van der Waals surface area contributed by atoms with E-state index in [-0.39, 0.29) is 12.5 Å². The van der Waals surface area contributed by atoms with Crippen LogP contribution in [-0.4, -0.2) is 23.2 Å². The number of rotatable bonds is 5. The molecule has 0 fully saturated rings. The highest BCUT2D eigenvalue weighted by Gasteiger charge is 2.04. The first kappa shape index (κ1) is 16.1. The van der Waals surface area contributed by atoms with Crippen molar-refractivity contribution in [3.8, 4) is 0 Å². The SMILES string of the molecule is Cn1cc(/C=N\NC(=O)CNc2ccc(Cl)cc2)c2ccccc21. The Morgan fingerprint density at radius 3 is 2.75 bits per heavy atom. The van der Waals surface area contributed by atoms with Crippen LogP contribution in [0.5, 0.6) is 0 Å². The summed E-state index contributed by atoms with van der Waals surface area (Å²) in [5.41, 5.74) is 5.42. The van der Waals surface area contributed by atoms with Gasteiger partial charge < -0.3 is 9.88 Å². The maximum atomic E-state index is 11.8. The normalized spacial score (nSPS) is 11.1. The van der Waals surface area contributed by atoms with Crippen molar-refractivity contribution in [2.24, 2.45) is 12.1 Å². The Morgan fingerprint density at radius 2 is 1.96 bits per heavy atom. The smallest absolute Gasteiger partial charge is 0.259 e. The molecule has 1 aromatic heterocycles. The Balaban J connectivity index is 1.57. The molecule has 0 unspecified atom stereocenters. The zero-order chi connectivity index (χ0) is 16.9. The topological polar surface area (TPSA) is 58.4 Å². The molecular weight excluding hydrogens is 324 g/mol. The number of anilines is 1. The lowest BCUT2D eigenvalue weighted by Crippen LogP contribution is -2.25. The minimum atomic E-state index is -0.221. The first-order valence-electron chi connectivity index (χ1n) is 7.49. The van der Waals surface area contributed by atoms with Gasteiger partial charge in [-0.3, -0.25) is 4.79 Å². The number of benzene rings is 2. The molecule has 3 rings (SSSR count). The van der Waals surface area contributed by atoms with Crippen molar-refractivity contribution in [3.63, 3.8) is 0 Å². The fraction of sp³-hybridized carbons (Fsp3) is 0.111. The van der Waals surface area contributed by atoms with Gasteiger partial charge in [0.1, 0.15) is 0 Å². The van der Waals surface area contributed by atoms with Gasteiger partial charge in [0, 0.05) is 40.4 Å². The Kier molecular flexibility index (Phi) is 4.82. The van der Waals surface area contributed by atoms with Gasteiger partial charge in [0.2, 0.25) is 0 Å². The lowest BCUT2D eigenvalue weighted by atomic mass is 10.2. The number of nitrogens with zero attached hydrogens (tertiary/aromatic N) is 2. The van der Waals surface area contributed by atoms with Crippen molar-refractivity contribution in [1.29, 1.82) is 0 Å². The summed E-state index contributed by atoms with van der Waals surface area (Å²) in [4.78, 5) is 11.8. The van der Waals surface area contributed by atoms with Crippen LogP contribution in [0.25, 0.3) is 10.9 Å². The molecule has 6 heteroatoms. The van der Waals surface area contributed by atoms with Crippen LogP contribution >= 0.6 is 11.6 Å². The van der Waals surface area contributed by atoms with Crippen molar-refractivity contribution in [1.82, 2.24) is 9.99 Å².